The van der Waals surface area contributed by atoms with Gasteiger partial charge in [-0.25, -0.2) is 0 Å². The first-order valence-corrected chi connectivity index (χ1v) is 14.9. The summed E-state index contributed by atoms with van der Waals surface area (Å²) in [7, 11) is -2.96. The minimum absolute atomic E-state index is 0.00163. The highest BCUT2D eigenvalue weighted by Gasteiger charge is 2.23. The second kappa shape index (κ2) is 13.8. The topological polar surface area (TPSA) is 91.5 Å². The molecule has 39 heavy (non-hydrogen) atoms. The van der Waals surface area contributed by atoms with Crippen molar-refractivity contribution in [2.75, 3.05) is 7.11 Å². The predicted octanol–water partition coefficient (Wildman–Crippen LogP) is 4.88. The van der Waals surface area contributed by atoms with Crippen LogP contribution < -0.4 is 27.6 Å². The van der Waals surface area contributed by atoms with E-state index >= 15 is 0 Å². The number of methoxy groups -OCH3 is 1. The van der Waals surface area contributed by atoms with E-state index in [1.165, 1.54) is 44.6 Å². The molecule has 0 aliphatic heterocycles. The molecule has 0 saturated heterocycles. The van der Waals surface area contributed by atoms with E-state index in [0.717, 1.165) is 52.5 Å². The molecular weight excluding hydrogens is 514 g/mol. The Labute approximate surface area is 232 Å². The number of unbranched alkanes of at least 4 members (excludes halogenated alkanes) is 7. The van der Waals surface area contributed by atoms with Gasteiger partial charge in [-0.2, -0.15) is 18.5 Å². The van der Waals surface area contributed by atoms with E-state index in [2.05, 4.69) is 29.7 Å². The van der Waals surface area contributed by atoms with E-state index in [0.29, 0.717) is 5.56 Å². The third-order valence-electron chi connectivity index (χ3n) is 7.04. The lowest BCUT2D eigenvalue weighted by atomic mass is 10.0. The molecule has 4 aromatic rings. The summed E-state index contributed by atoms with van der Waals surface area (Å²) in [6.07, 6.45) is 13.7. The molecule has 0 fully saturated rings. The van der Waals surface area contributed by atoms with E-state index in [-0.39, 0.29) is 5.75 Å². The molecule has 0 amide bonds. The van der Waals surface area contributed by atoms with Crippen LogP contribution in [0.15, 0.2) is 66.7 Å². The number of halogens is 1. The van der Waals surface area contributed by atoms with E-state index in [1.807, 2.05) is 48.6 Å². The van der Waals surface area contributed by atoms with Crippen LogP contribution in [0.1, 0.15) is 69.5 Å². The van der Waals surface area contributed by atoms with Gasteiger partial charge in [0.2, 0.25) is 11.2 Å². The summed E-state index contributed by atoms with van der Waals surface area (Å²) in [6.45, 7) is 3.09. The maximum atomic E-state index is 11.4. The predicted molar refractivity (Wildman–Crippen MR) is 147 cm³/mol. The van der Waals surface area contributed by atoms with Crippen LogP contribution in [0.2, 0.25) is 0 Å². The monoisotopic (exact) mass is 550 g/mol. The second-order valence-corrected chi connectivity index (χ2v) is 10.7. The molecule has 6 nitrogen and oxygen atoms in total. The van der Waals surface area contributed by atoms with Crippen LogP contribution in [-0.2, 0) is 6.54 Å². The first-order valence-electron chi connectivity index (χ1n) is 13.7. The molecular formula is C32H37ClNO5+. The van der Waals surface area contributed by atoms with E-state index in [9.17, 15) is 14.0 Å². The molecule has 0 saturated carbocycles. The van der Waals surface area contributed by atoms with Crippen LogP contribution in [0.4, 0.5) is 0 Å². The van der Waals surface area contributed by atoms with Gasteiger partial charge in [0, 0.05) is 30.2 Å². The Morgan fingerprint density at radius 3 is 2.23 bits per heavy atom. The molecule has 0 N–H and O–H groups in total. The Kier molecular flexibility index (Phi) is 10.2. The van der Waals surface area contributed by atoms with Crippen LogP contribution in [0.3, 0.4) is 0 Å². The summed E-state index contributed by atoms with van der Waals surface area (Å²) in [4.78, 5) is 0. The van der Waals surface area contributed by atoms with Crippen molar-refractivity contribution in [2.24, 2.45) is 0 Å². The van der Waals surface area contributed by atoms with Gasteiger partial charge < -0.3 is 4.74 Å². The van der Waals surface area contributed by atoms with Crippen molar-refractivity contribution >= 4 is 33.8 Å². The number of fused-ring (bicyclic) bond motifs is 2. The number of pyridine rings is 1. The van der Waals surface area contributed by atoms with E-state index in [1.54, 1.807) is 13.2 Å². The Bertz CT molecular complexity index is 1410. The molecule has 0 radical (unpaired) electrons. The number of rotatable bonds is 14. The minimum Gasteiger partial charge on any atom is -0.497 e. The lowest BCUT2D eigenvalue weighted by Crippen LogP contribution is -2.63. The average Bonchev–Trinajstić information content (AvgIpc) is 2.93. The molecule has 1 aromatic heterocycles. The number of aromatic nitrogens is 1. The van der Waals surface area contributed by atoms with Crippen LogP contribution in [0, 0.1) is 10.2 Å². The van der Waals surface area contributed by atoms with Crippen LogP contribution in [0.25, 0.3) is 33.8 Å². The van der Waals surface area contributed by atoms with Gasteiger partial charge in [0.25, 0.3) is 5.75 Å². The molecule has 7 heteroatoms. The van der Waals surface area contributed by atoms with Crippen LogP contribution in [0.5, 0.6) is 11.5 Å². The average molecular weight is 551 g/mol. The summed E-state index contributed by atoms with van der Waals surface area (Å²) < 4.78 is 46.8. The number of ether oxygens (including phenoxy) is 1. The zero-order valence-corrected chi connectivity index (χ0v) is 23.5. The SMILES string of the molecule is CCCCCCCCCC[n+]1c(C=Cc2c(O[Cl+3]([O-])([O-])[O-])ccc3ccccc23)ccc2cc(OC)ccc21. The fourth-order valence-electron chi connectivity index (χ4n) is 5.03. The van der Waals surface area contributed by atoms with Crippen LogP contribution in [-0.4, -0.2) is 7.11 Å². The van der Waals surface area contributed by atoms with Gasteiger partial charge in [-0.1, -0.05) is 74.0 Å². The van der Waals surface area contributed by atoms with Crippen LogP contribution >= 0.6 is 0 Å². The lowest BCUT2D eigenvalue weighted by molar-refractivity contribution is -1.91. The Morgan fingerprint density at radius 2 is 1.49 bits per heavy atom. The van der Waals surface area contributed by atoms with Gasteiger partial charge in [-0.05, 0) is 53.6 Å². The van der Waals surface area contributed by atoms with Crippen molar-refractivity contribution in [1.29, 1.82) is 0 Å². The van der Waals surface area contributed by atoms with Gasteiger partial charge >= 0.3 is 0 Å². The maximum absolute atomic E-state index is 11.4. The maximum Gasteiger partial charge on any atom is 0.296 e. The van der Waals surface area contributed by atoms with Crippen molar-refractivity contribution in [3.8, 4) is 11.5 Å². The summed E-state index contributed by atoms with van der Waals surface area (Å²) >= 11 is 0. The van der Waals surface area contributed by atoms with Gasteiger partial charge in [0.05, 0.1) is 12.5 Å². The highest BCUT2D eigenvalue weighted by atomic mass is 35.7. The lowest BCUT2D eigenvalue weighted by Gasteiger charge is -2.14. The number of aryl methyl sites for hydroxylation is 1. The third-order valence-corrected chi connectivity index (χ3v) is 7.39. The Morgan fingerprint density at radius 1 is 0.769 bits per heavy atom. The van der Waals surface area contributed by atoms with Crippen molar-refractivity contribution in [1.82, 2.24) is 0 Å². The fourth-order valence-corrected chi connectivity index (χ4v) is 5.37. The minimum atomic E-state index is -4.62. The van der Waals surface area contributed by atoms with Crippen molar-refractivity contribution in [2.45, 2.75) is 64.8 Å². The molecule has 0 aliphatic rings. The van der Waals surface area contributed by atoms with Gasteiger partial charge in [-0.15, -0.1) is 0 Å². The Balaban J connectivity index is 1.65. The molecule has 0 bridgehead atoms. The molecule has 206 valence electrons. The summed E-state index contributed by atoms with van der Waals surface area (Å²) in [5.41, 5.74) is 2.60. The smallest absolute Gasteiger partial charge is 0.296 e. The molecule has 3 aromatic carbocycles. The number of nitrogens with zero attached hydrogens (tertiary/aromatic N) is 1. The second-order valence-electron chi connectivity index (χ2n) is 9.80. The third kappa shape index (κ3) is 7.93. The molecule has 0 unspecified atom stereocenters. The van der Waals surface area contributed by atoms with Gasteiger partial charge in [0.1, 0.15) is 22.5 Å². The number of hydrogen-bond donors (Lipinski definition) is 0. The standard InChI is InChI=1S/C32H37ClNO5/c1-3-4-5-6-7-8-9-12-23-34-27(17-15-26-24-28(38-2)19-21-31(26)34)18-20-30-29-14-11-10-13-25(29)16-22-32(30)39-33(35,36)37/h10-11,13-22,24H,3-9,12,23H2,1-2H3/q+1. The van der Waals surface area contributed by atoms with Gasteiger partial charge in [-0.3, -0.25) is 0 Å². The molecule has 0 spiro atoms. The zero-order valence-electron chi connectivity index (χ0n) is 22.7. The summed E-state index contributed by atoms with van der Waals surface area (Å²) in [5, 5.41) is 2.80. The fraction of sp³-hybridized carbons (Fsp3) is 0.344. The van der Waals surface area contributed by atoms with E-state index in [4.69, 9.17) is 9.03 Å². The highest BCUT2D eigenvalue weighted by molar-refractivity contribution is 5.95. The highest BCUT2D eigenvalue weighted by Crippen LogP contribution is 2.31. The molecule has 0 atom stereocenters. The largest absolute Gasteiger partial charge is 0.497 e. The first kappa shape index (κ1) is 28.8. The first-order chi connectivity index (χ1) is 18.9. The number of hydrogen-bond acceptors (Lipinski definition) is 5. The van der Waals surface area contributed by atoms with Crippen molar-refractivity contribution in [3.05, 3.63) is 78.0 Å². The summed E-state index contributed by atoms with van der Waals surface area (Å²) in [5.74, 6) is 0.807. The molecule has 4 rings (SSSR count). The van der Waals surface area contributed by atoms with E-state index < -0.39 is 10.2 Å². The molecule has 0 aliphatic carbocycles. The zero-order chi connectivity index (χ0) is 27.7. The quantitative estimate of drug-likeness (QED) is 0.165. The van der Waals surface area contributed by atoms with Crippen molar-refractivity contribution < 1.29 is 37.8 Å². The molecule has 1 heterocycles. The number of benzene rings is 3. The Hall–Kier alpha value is -3.16. The summed E-state index contributed by atoms with van der Waals surface area (Å²) in [6, 6.07) is 21.1. The van der Waals surface area contributed by atoms with Gasteiger partial charge in [0.15, 0.2) is 0 Å². The normalized spacial score (nSPS) is 12.0. The van der Waals surface area contributed by atoms with Crippen molar-refractivity contribution in [3.63, 3.8) is 0 Å².